The molecule has 1 aromatic rings. The van der Waals surface area contributed by atoms with Crippen molar-refractivity contribution in [3.63, 3.8) is 0 Å². The van der Waals surface area contributed by atoms with E-state index in [4.69, 9.17) is 0 Å². The highest BCUT2D eigenvalue weighted by atomic mass is 79.9. The van der Waals surface area contributed by atoms with Crippen molar-refractivity contribution < 1.29 is 4.79 Å². The van der Waals surface area contributed by atoms with Crippen LogP contribution in [0.2, 0.25) is 0 Å². The molecule has 0 aliphatic heterocycles. The van der Waals surface area contributed by atoms with Crippen molar-refractivity contribution in [1.82, 2.24) is 4.90 Å². The largest absolute Gasteiger partial charge is 0.335 e. The summed E-state index contributed by atoms with van der Waals surface area (Å²) in [4.78, 5) is 13.9. The number of nitrogens with zero attached hydrogens (tertiary/aromatic N) is 1. The molecule has 16 heavy (non-hydrogen) atoms. The lowest BCUT2D eigenvalue weighted by Crippen LogP contribution is -2.32. The highest BCUT2D eigenvalue weighted by Gasteiger charge is 2.13. The van der Waals surface area contributed by atoms with Crippen molar-refractivity contribution in [1.29, 1.82) is 0 Å². The van der Waals surface area contributed by atoms with Crippen LogP contribution in [0.4, 0.5) is 0 Å². The molecule has 1 aromatic carbocycles. The molecule has 1 rings (SSSR count). The van der Waals surface area contributed by atoms with Crippen molar-refractivity contribution in [3.8, 4) is 0 Å². The van der Waals surface area contributed by atoms with Crippen LogP contribution in [0, 0.1) is 0 Å². The van der Waals surface area contributed by atoms with E-state index in [2.05, 4.69) is 22.5 Å². The zero-order valence-electron chi connectivity index (χ0n) is 9.66. The summed E-state index contributed by atoms with van der Waals surface area (Å²) in [5.74, 6) is 0.0537. The van der Waals surface area contributed by atoms with Crippen LogP contribution < -0.4 is 0 Å². The topological polar surface area (TPSA) is 20.3 Å². The first-order valence-electron chi connectivity index (χ1n) is 5.23. The maximum atomic E-state index is 12.1. The van der Waals surface area contributed by atoms with Crippen molar-refractivity contribution in [2.45, 2.75) is 13.8 Å². The van der Waals surface area contributed by atoms with E-state index in [1.165, 1.54) is 0 Å². The van der Waals surface area contributed by atoms with Crippen LogP contribution in [0.1, 0.15) is 24.2 Å². The van der Waals surface area contributed by atoms with Gasteiger partial charge in [-0.2, -0.15) is 0 Å². The summed E-state index contributed by atoms with van der Waals surface area (Å²) >= 11 is 3.35. The zero-order valence-corrected chi connectivity index (χ0v) is 11.3. The Kier molecular flexibility index (Phi) is 4.74. The van der Waals surface area contributed by atoms with Crippen LogP contribution in [-0.4, -0.2) is 23.9 Å². The smallest absolute Gasteiger partial charge is 0.254 e. The zero-order chi connectivity index (χ0) is 12.1. The summed E-state index contributed by atoms with van der Waals surface area (Å²) in [6, 6.07) is 7.41. The van der Waals surface area contributed by atoms with E-state index in [0.29, 0.717) is 18.7 Å². The van der Waals surface area contributed by atoms with E-state index in [1.54, 1.807) is 4.90 Å². The lowest BCUT2D eigenvalue weighted by atomic mass is 10.2. The first-order chi connectivity index (χ1) is 7.54. The highest BCUT2D eigenvalue weighted by Crippen LogP contribution is 2.12. The van der Waals surface area contributed by atoms with E-state index in [0.717, 1.165) is 10.0 Å². The number of benzene rings is 1. The summed E-state index contributed by atoms with van der Waals surface area (Å²) in [5, 5.41) is 0. The second kappa shape index (κ2) is 5.85. The quantitative estimate of drug-likeness (QED) is 0.774. The van der Waals surface area contributed by atoms with Gasteiger partial charge in [-0.05, 0) is 38.1 Å². The van der Waals surface area contributed by atoms with Crippen LogP contribution in [0.5, 0.6) is 0 Å². The van der Waals surface area contributed by atoms with Gasteiger partial charge in [-0.15, -0.1) is 0 Å². The van der Waals surface area contributed by atoms with Crippen LogP contribution >= 0.6 is 15.9 Å². The molecule has 0 spiro atoms. The number of hydrogen-bond donors (Lipinski definition) is 0. The second-order valence-corrected chi connectivity index (χ2v) is 4.70. The Morgan fingerprint density at radius 2 is 1.94 bits per heavy atom. The van der Waals surface area contributed by atoms with Gasteiger partial charge >= 0.3 is 0 Å². The van der Waals surface area contributed by atoms with Gasteiger partial charge in [0.2, 0.25) is 0 Å². The SMILES string of the molecule is C=C(C)CN(CC)C(=O)c1ccc(Br)cc1. The summed E-state index contributed by atoms with van der Waals surface area (Å²) in [6.07, 6.45) is 0. The Morgan fingerprint density at radius 1 is 1.38 bits per heavy atom. The summed E-state index contributed by atoms with van der Waals surface area (Å²) < 4.78 is 0.979. The van der Waals surface area contributed by atoms with E-state index in [-0.39, 0.29) is 5.91 Å². The molecule has 0 saturated carbocycles. The predicted molar refractivity (Wildman–Crippen MR) is 70.5 cm³/mol. The van der Waals surface area contributed by atoms with Gasteiger partial charge in [0.05, 0.1) is 0 Å². The molecular formula is C13H16BrNO. The minimum Gasteiger partial charge on any atom is -0.335 e. The molecule has 0 saturated heterocycles. The molecule has 0 N–H and O–H groups in total. The number of carbonyl (C=O) groups is 1. The molecule has 0 heterocycles. The lowest BCUT2D eigenvalue weighted by Gasteiger charge is -2.20. The van der Waals surface area contributed by atoms with E-state index >= 15 is 0 Å². The Labute approximate surface area is 105 Å². The van der Waals surface area contributed by atoms with Crippen LogP contribution in [0.15, 0.2) is 40.9 Å². The molecule has 0 aliphatic rings. The van der Waals surface area contributed by atoms with Crippen molar-refractivity contribution >= 4 is 21.8 Å². The highest BCUT2D eigenvalue weighted by molar-refractivity contribution is 9.10. The molecule has 2 nitrogen and oxygen atoms in total. The second-order valence-electron chi connectivity index (χ2n) is 3.78. The van der Waals surface area contributed by atoms with Crippen LogP contribution in [0.25, 0.3) is 0 Å². The van der Waals surface area contributed by atoms with E-state index < -0.39 is 0 Å². The minimum atomic E-state index is 0.0537. The van der Waals surface area contributed by atoms with E-state index in [9.17, 15) is 4.79 Å². The first-order valence-corrected chi connectivity index (χ1v) is 6.03. The molecule has 0 fully saturated rings. The molecule has 0 atom stereocenters. The predicted octanol–water partition coefficient (Wildman–Crippen LogP) is 3.49. The number of amides is 1. The molecule has 0 aliphatic carbocycles. The van der Waals surface area contributed by atoms with Gasteiger partial charge < -0.3 is 4.90 Å². The maximum Gasteiger partial charge on any atom is 0.254 e. The van der Waals surface area contributed by atoms with Gasteiger partial charge in [0.15, 0.2) is 0 Å². The Hall–Kier alpha value is -1.09. The third-order valence-electron chi connectivity index (χ3n) is 2.22. The fraction of sp³-hybridized carbons (Fsp3) is 0.308. The fourth-order valence-corrected chi connectivity index (χ4v) is 1.69. The molecule has 0 bridgehead atoms. The molecule has 3 heteroatoms. The van der Waals surface area contributed by atoms with Crippen molar-refractivity contribution in [3.05, 3.63) is 46.5 Å². The Balaban J connectivity index is 2.82. The first kappa shape index (κ1) is 13.0. The normalized spacial score (nSPS) is 9.94. The molecular weight excluding hydrogens is 266 g/mol. The monoisotopic (exact) mass is 281 g/mol. The molecule has 0 aromatic heterocycles. The molecule has 0 unspecified atom stereocenters. The van der Waals surface area contributed by atoms with Crippen molar-refractivity contribution in [2.24, 2.45) is 0 Å². The summed E-state index contributed by atoms with van der Waals surface area (Å²) in [6.45, 7) is 9.04. The molecule has 86 valence electrons. The average Bonchev–Trinajstić information content (AvgIpc) is 2.25. The van der Waals surface area contributed by atoms with E-state index in [1.807, 2.05) is 38.1 Å². The van der Waals surface area contributed by atoms with Crippen LogP contribution in [-0.2, 0) is 0 Å². The minimum absolute atomic E-state index is 0.0537. The number of rotatable bonds is 4. The van der Waals surface area contributed by atoms with Crippen molar-refractivity contribution in [2.75, 3.05) is 13.1 Å². The van der Waals surface area contributed by atoms with Gasteiger partial charge in [-0.1, -0.05) is 28.1 Å². The Bertz CT molecular complexity index is 383. The molecule has 1 amide bonds. The van der Waals surface area contributed by atoms with Gasteiger partial charge in [-0.25, -0.2) is 0 Å². The fourth-order valence-electron chi connectivity index (χ4n) is 1.43. The summed E-state index contributed by atoms with van der Waals surface area (Å²) in [5.41, 5.74) is 1.71. The Morgan fingerprint density at radius 3 is 2.38 bits per heavy atom. The lowest BCUT2D eigenvalue weighted by molar-refractivity contribution is 0.0778. The third kappa shape index (κ3) is 3.49. The third-order valence-corrected chi connectivity index (χ3v) is 2.75. The average molecular weight is 282 g/mol. The molecule has 0 radical (unpaired) electrons. The van der Waals surface area contributed by atoms with Gasteiger partial charge in [0.1, 0.15) is 0 Å². The number of halogens is 1. The number of likely N-dealkylation sites (N-methyl/N-ethyl adjacent to an activating group) is 1. The van der Waals surface area contributed by atoms with Crippen LogP contribution in [0.3, 0.4) is 0 Å². The maximum absolute atomic E-state index is 12.1. The van der Waals surface area contributed by atoms with Gasteiger partial charge in [0.25, 0.3) is 5.91 Å². The van der Waals surface area contributed by atoms with Gasteiger partial charge in [-0.3, -0.25) is 4.79 Å². The standard InChI is InChI=1S/C13H16BrNO/c1-4-15(9-10(2)3)13(16)11-5-7-12(14)8-6-11/h5-8H,2,4,9H2,1,3H3. The van der Waals surface area contributed by atoms with Gasteiger partial charge in [0, 0.05) is 23.1 Å². The number of hydrogen-bond acceptors (Lipinski definition) is 1. The summed E-state index contributed by atoms with van der Waals surface area (Å²) in [7, 11) is 0. The number of carbonyl (C=O) groups excluding carboxylic acids is 1.